The predicted octanol–water partition coefficient (Wildman–Crippen LogP) is 0.704. The van der Waals surface area contributed by atoms with Gasteiger partial charge in [-0.25, -0.2) is 0 Å². The van der Waals surface area contributed by atoms with Crippen LogP contribution in [0.15, 0.2) is 0 Å². The molecule has 0 saturated carbocycles. The summed E-state index contributed by atoms with van der Waals surface area (Å²) in [5.74, 6) is 0. The SMILES string of the molecule is CCCC[C@@H]1OC[C@@H](O)[C@@H]2O[C@@H]21. The van der Waals surface area contributed by atoms with E-state index in [1.165, 1.54) is 12.8 Å². The monoisotopic (exact) mass is 172 g/mol. The van der Waals surface area contributed by atoms with Crippen LogP contribution >= 0.6 is 0 Å². The molecule has 2 saturated heterocycles. The molecule has 2 aliphatic rings. The van der Waals surface area contributed by atoms with E-state index in [-0.39, 0.29) is 24.4 Å². The average molecular weight is 172 g/mol. The van der Waals surface area contributed by atoms with E-state index < -0.39 is 0 Å². The minimum atomic E-state index is -0.382. The van der Waals surface area contributed by atoms with Crippen molar-refractivity contribution in [2.75, 3.05) is 6.61 Å². The number of aliphatic hydroxyl groups is 1. The summed E-state index contributed by atoms with van der Waals surface area (Å²) >= 11 is 0. The molecule has 2 rings (SSSR count). The molecular formula is C9H16O3. The van der Waals surface area contributed by atoms with Crippen molar-refractivity contribution in [2.45, 2.75) is 50.6 Å². The molecule has 3 heteroatoms. The van der Waals surface area contributed by atoms with Crippen LogP contribution in [0.1, 0.15) is 26.2 Å². The van der Waals surface area contributed by atoms with E-state index in [1.54, 1.807) is 0 Å². The van der Waals surface area contributed by atoms with Crippen molar-refractivity contribution >= 4 is 0 Å². The Kier molecular flexibility index (Phi) is 2.35. The zero-order valence-electron chi connectivity index (χ0n) is 7.40. The number of epoxide rings is 1. The van der Waals surface area contributed by atoms with Crippen molar-refractivity contribution in [3.8, 4) is 0 Å². The number of fused-ring (bicyclic) bond motifs is 1. The van der Waals surface area contributed by atoms with Crippen molar-refractivity contribution in [1.82, 2.24) is 0 Å². The summed E-state index contributed by atoms with van der Waals surface area (Å²) in [6.07, 6.45) is 3.60. The van der Waals surface area contributed by atoms with Gasteiger partial charge in [0.05, 0.1) is 12.7 Å². The maximum atomic E-state index is 9.31. The molecule has 0 unspecified atom stereocenters. The molecule has 0 aromatic heterocycles. The van der Waals surface area contributed by atoms with Crippen LogP contribution in [-0.2, 0) is 9.47 Å². The van der Waals surface area contributed by atoms with Crippen LogP contribution in [0.25, 0.3) is 0 Å². The predicted molar refractivity (Wildman–Crippen MR) is 43.9 cm³/mol. The van der Waals surface area contributed by atoms with E-state index in [9.17, 15) is 5.11 Å². The number of hydrogen-bond donors (Lipinski definition) is 1. The van der Waals surface area contributed by atoms with Crippen molar-refractivity contribution in [3.05, 3.63) is 0 Å². The lowest BCUT2D eigenvalue weighted by Gasteiger charge is -2.22. The van der Waals surface area contributed by atoms with Crippen LogP contribution in [0.2, 0.25) is 0 Å². The highest BCUT2D eigenvalue weighted by Crippen LogP contribution is 2.36. The Morgan fingerprint density at radius 2 is 2.25 bits per heavy atom. The van der Waals surface area contributed by atoms with Gasteiger partial charge >= 0.3 is 0 Å². The second-order valence-electron chi connectivity index (χ2n) is 3.65. The first-order valence-electron chi connectivity index (χ1n) is 4.78. The minimum Gasteiger partial charge on any atom is -0.388 e. The van der Waals surface area contributed by atoms with E-state index in [0.29, 0.717) is 6.61 Å². The van der Waals surface area contributed by atoms with Gasteiger partial charge in [-0.05, 0) is 6.42 Å². The zero-order chi connectivity index (χ0) is 8.55. The van der Waals surface area contributed by atoms with Gasteiger partial charge in [-0.3, -0.25) is 0 Å². The maximum Gasteiger partial charge on any atom is 0.115 e. The standard InChI is InChI=1S/C9H16O3/c1-2-3-4-7-9-8(12-9)6(10)5-11-7/h6-10H,2-5H2,1H3/t6-,7+,8+,9-/m1/s1. The summed E-state index contributed by atoms with van der Waals surface area (Å²) in [5, 5.41) is 9.31. The lowest BCUT2D eigenvalue weighted by atomic mass is 10.0. The largest absolute Gasteiger partial charge is 0.388 e. The Labute approximate surface area is 72.7 Å². The molecule has 1 N–H and O–H groups in total. The third-order valence-corrected chi connectivity index (χ3v) is 2.63. The molecular weight excluding hydrogens is 156 g/mol. The summed E-state index contributed by atoms with van der Waals surface area (Å²) in [4.78, 5) is 0. The summed E-state index contributed by atoms with van der Waals surface area (Å²) in [6, 6.07) is 0. The van der Waals surface area contributed by atoms with Crippen LogP contribution in [0.5, 0.6) is 0 Å². The third kappa shape index (κ3) is 1.49. The summed E-state index contributed by atoms with van der Waals surface area (Å²) < 4.78 is 10.8. The second kappa shape index (κ2) is 3.32. The molecule has 12 heavy (non-hydrogen) atoms. The molecule has 0 aliphatic carbocycles. The number of rotatable bonds is 3. The van der Waals surface area contributed by atoms with Crippen LogP contribution < -0.4 is 0 Å². The summed E-state index contributed by atoms with van der Waals surface area (Å²) in [6.45, 7) is 2.62. The van der Waals surface area contributed by atoms with Gasteiger partial charge in [0.15, 0.2) is 0 Å². The molecule has 70 valence electrons. The Morgan fingerprint density at radius 3 is 3.00 bits per heavy atom. The fourth-order valence-electron chi connectivity index (χ4n) is 1.81. The van der Waals surface area contributed by atoms with E-state index in [4.69, 9.17) is 9.47 Å². The lowest BCUT2D eigenvalue weighted by molar-refractivity contribution is -0.0389. The average Bonchev–Trinajstić information content (AvgIpc) is 2.83. The Morgan fingerprint density at radius 1 is 1.42 bits per heavy atom. The van der Waals surface area contributed by atoms with Crippen molar-refractivity contribution in [1.29, 1.82) is 0 Å². The Hall–Kier alpha value is -0.120. The first kappa shape index (κ1) is 8.48. The highest BCUT2D eigenvalue weighted by molar-refractivity contribution is 4.99. The molecule has 3 nitrogen and oxygen atoms in total. The van der Waals surface area contributed by atoms with Gasteiger partial charge in [0.25, 0.3) is 0 Å². The molecule has 0 aromatic carbocycles. The maximum absolute atomic E-state index is 9.31. The van der Waals surface area contributed by atoms with Gasteiger partial charge in [-0.15, -0.1) is 0 Å². The van der Waals surface area contributed by atoms with E-state index in [2.05, 4.69) is 6.92 Å². The molecule has 0 aromatic rings. The lowest BCUT2D eigenvalue weighted by Crippen LogP contribution is -2.37. The first-order valence-corrected chi connectivity index (χ1v) is 4.78. The van der Waals surface area contributed by atoms with Crippen molar-refractivity contribution in [2.24, 2.45) is 0 Å². The number of ether oxygens (including phenoxy) is 2. The fraction of sp³-hybridized carbons (Fsp3) is 1.00. The number of unbranched alkanes of at least 4 members (excludes halogenated alkanes) is 1. The van der Waals surface area contributed by atoms with Gasteiger partial charge in [-0.1, -0.05) is 19.8 Å². The van der Waals surface area contributed by atoms with E-state index in [1.807, 2.05) is 0 Å². The van der Waals surface area contributed by atoms with E-state index >= 15 is 0 Å². The minimum absolute atomic E-state index is 0.0839. The highest BCUT2D eigenvalue weighted by atomic mass is 16.6. The van der Waals surface area contributed by atoms with Crippen molar-refractivity contribution < 1.29 is 14.6 Å². The van der Waals surface area contributed by atoms with Gasteiger partial charge in [-0.2, -0.15) is 0 Å². The molecule has 0 spiro atoms. The Bertz CT molecular complexity index is 158. The van der Waals surface area contributed by atoms with Gasteiger partial charge < -0.3 is 14.6 Å². The molecule has 2 aliphatic heterocycles. The quantitative estimate of drug-likeness (QED) is 0.637. The molecule has 0 amide bonds. The van der Waals surface area contributed by atoms with Crippen LogP contribution in [0, 0.1) is 0 Å². The number of aliphatic hydroxyl groups excluding tert-OH is 1. The van der Waals surface area contributed by atoms with Crippen LogP contribution in [0.4, 0.5) is 0 Å². The number of hydrogen-bond acceptors (Lipinski definition) is 3. The van der Waals surface area contributed by atoms with Gasteiger partial charge in [0, 0.05) is 0 Å². The Balaban J connectivity index is 1.78. The van der Waals surface area contributed by atoms with Crippen molar-refractivity contribution in [3.63, 3.8) is 0 Å². The molecule has 4 atom stereocenters. The normalized spacial score (nSPS) is 45.5. The fourth-order valence-corrected chi connectivity index (χ4v) is 1.81. The second-order valence-corrected chi connectivity index (χ2v) is 3.65. The summed E-state index contributed by atoms with van der Waals surface area (Å²) in [7, 11) is 0. The first-order chi connectivity index (χ1) is 5.83. The van der Waals surface area contributed by atoms with Gasteiger partial charge in [0.1, 0.15) is 18.3 Å². The van der Waals surface area contributed by atoms with Crippen LogP contribution in [0.3, 0.4) is 0 Å². The highest BCUT2D eigenvalue weighted by Gasteiger charge is 2.52. The zero-order valence-corrected chi connectivity index (χ0v) is 7.40. The molecule has 0 radical (unpaired) electrons. The topological polar surface area (TPSA) is 42.0 Å². The third-order valence-electron chi connectivity index (χ3n) is 2.63. The molecule has 2 fully saturated rings. The smallest absolute Gasteiger partial charge is 0.115 e. The van der Waals surface area contributed by atoms with Gasteiger partial charge in [0.2, 0.25) is 0 Å². The molecule has 2 heterocycles. The summed E-state index contributed by atoms with van der Waals surface area (Å²) in [5.41, 5.74) is 0. The molecule has 0 bridgehead atoms. The van der Waals surface area contributed by atoms with E-state index in [0.717, 1.165) is 6.42 Å². The van der Waals surface area contributed by atoms with Crippen LogP contribution in [-0.4, -0.2) is 36.1 Å².